The highest BCUT2D eigenvalue weighted by atomic mass is 79.9. The molecular formula is C31H23BrN2O5. The van der Waals surface area contributed by atoms with E-state index in [9.17, 15) is 14.4 Å². The van der Waals surface area contributed by atoms with Crippen molar-refractivity contribution in [3.05, 3.63) is 124 Å². The van der Waals surface area contributed by atoms with Gasteiger partial charge in [-0.1, -0.05) is 66.7 Å². The molecule has 1 fully saturated rings. The van der Waals surface area contributed by atoms with E-state index in [0.717, 1.165) is 15.4 Å². The summed E-state index contributed by atoms with van der Waals surface area (Å²) in [4.78, 5) is 42.7. The number of ether oxygens (including phenoxy) is 2. The molecule has 4 aromatic rings. The first-order valence-electron chi connectivity index (χ1n) is 12.1. The molecule has 0 aromatic heterocycles. The molecule has 0 aliphatic carbocycles. The first kappa shape index (κ1) is 25.9. The van der Waals surface area contributed by atoms with Crippen LogP contribution in [-0.2, 0) is 16.2 Å². The average molecular weight is 583 g/mol. The molecule has 1 aliphatic rings. The highest BCUT2D eigenvalue weighted by Crippen LogP contribution is 2.38. The van der Waals surface area contributed by atoms with E-state index >= 15 is 0 Å². The Labute approximate surface area is 234 Å². The van der Waals surface area contributed by atoms with Gasteiger partial charge in [-0.05, 0) is 69.5 Å². The number of halogens is 1. The van der Waals surface area contributed by atoms with E-state index in [1.165, 1.54) is 13.2 Å². The van der Waals surface area contributed by atoms with Gasteiger partial charge in [0.05, 0.1) is 23.0 Å². The zero-order valence-electron chi connectivity index (χ0n) is 20.9. The monoisotopic (exact) mass is 582 g/mol. The van der Waals surface area contributed by atoms with Gasteiger partial charge in [0.25, 0.3) is 11.8 Å². The predicted octanol–water partition coefficient (Wildman–Crippen LogP) is 6.62. The van der Waals surface area contributed by atoms with Crippen molar-refractivity contribution in [1.82, 2.24) is 0 Å². The number of anilines is 2. The van der Waals surface area contributed by atoms with Gasteiger partial charge in [0.2, 0.25) is 0 Å². The maximum atomic E-state index is 13.6. The maximum Gasteiger partial charge on any atom is 0.343 e. The third kappa shape index (κ3) is 5.32. The van der Waals surface area contributed by atoms with E-state index in [4.69, 9.17) is 9.47 Å². The molecule has 1 saturated heterocycles. The number of benzene rings is 4. The van der Waals surface area contributed by atoms with Gasteiger partial charge in [-0.2, -0.15) is 0 Å². The first-order chi connectivity index (χ1) is 19.0. The normalized spacial score (nSPS) is 13.5. The minimum atomic E-state index is -0.747. The van der Waals surface area contributed by atoms with Crippen LogP contribution in [0.5, 0.6) is 11.5 Å². The van der Waals surface area contributed by atoms with Gasteiger partial charge in [-0.3, -0.25) is 9.59 Å². The van der Waals surface area contributed by atoms with Crippen LogP contribution >= 0.6 is 15.9 Å². The molecule has 5 rings (SSSR count). The fraction of sp³-hybridized carbons (Fsp3) is 0.0645. The van der Waals surface area contributed by atoms with E-state index in [0.29, 0.717) is 39.5 Å². The minimum absolute atomic E-state index is 0.172. The van der Waals surface area contributed by atoms with Crippen LogP contribution in [0.15, 0.2) is 113 Å². The summed E-state index contributed by atoms with van der Waals surface area (Å²) in [6, 6.07) is 29.4. The molecule has 1 heterocycles. The van der Waals surface area contributed by atoms with Crippen LogP contribution < -0.4 is 19.3 Å². The van der Waals surface area contributed by atoms with Gasteiger partial charge >= 0.3 is 6.03 Å². The third-order valence-corrected chi connectivity index (χ3v) is 6.66. The Balaban J connectivity index is 1.55. The molecule has 8 heteroatoms. The van der Waals surface area contributed by atoms with Crippen molar-refractivity contribution in [2.75, 3.05) is 16.9 Å². The van der Waals surface area contributed by atoms with E-state index in [1.54, 1.807) is 72.8 Å². The largest absolute Gasteiger partial charge is 0.493 e. The van der Waals surface area contributed by atoms with Crippen molar-refractivity contribution in [3.63, 3.8) is 0 Å². The van der Waals surface area contributed by atoms with Crippen molar-refractivity contribution in [2.24, 2.45) is 0 Å². The molecule has 0 bridgehead atoms. The first-order valence-corrected chi connectivity index (χ1v) is 12.9. The van der Waals surface area contributed by atoms with Gasteiger partial charge in [0, 0.05) is 0 Å². The Morgan fingerprint density at radius 2 is 1.26 bits per heavy atom. The standard InChI is InChI=1S/C31H23BrN2O5/c1-38-27-19-22(18-26(32)28(27)39-20-21-11-5-2-6-12-21)17-25-29(35)33(23-13-7-3-8-14-23)31(37)34(30(25)36)24-15-9-4-10-16-24/h2-19H,20H2,1H3. The number of imide groups is 2. The van der Waals surface area contributed by atoms with E-state index in [2.05, 4.69) is 15.9 Å². The van der Waals surface area contributed by atoms with Crippen LogP contribution in [-0.4, -0.2) is 25.0 Å². The summed E-state index contributed by atoms with van der Waals surface area (Å²) < 4.78 is 12.2. The molecule has 0 atom stereocenters. The molecule has 0 radical (unpaired) electrons. The number of barbiturate groups is 1. The molecule has 0 saturated carbocycles. The Morgan fingerprint density at radius 1 is 0.744 bits per heavy atom. The number of hydrogen-bond acceptors (Lipinski definition) is 5. The lowest BCUT2D eigenvalue weighted by atomic mass is 10.0. The SMILES string of the molecule is COc1cc(C=C2C(=O)N(c3ccccc3)C(=O)N(c3ccccc3)C2=O)cc(Br)c1OCc1ccccc1. The van der Waals surface area contributed by atoms with E-state index in [-0.39, 0.29) is 5.57 Å². The minimum Gasteiger partial charge on any atom is -0.493 e. The summed E-state index contributed by atoms with van der Waals surface area (Å²) in [5.41, 5.74) is 2.04. The molecule has 4 aromatic carbocycles. The molecule has 1 aliphatic heterocycles. The lowest BCUT2D eigenvalue weighted by Gasteiger charge is -2.34. The summed E-state index contributed by atoms with van der Waals surface area (Å²) in [6.45, 7) is 0.327. The van der Waals surface area contributed by atoms with Gasteiger partial charge in [-0.25, -0.2) is 14.6 Å². The van der Waals surface area contributed by atoms with Crippen LogP contribution in [0.25, 0.3) is 6.08 Å². The summed E-state index contributed by atoms with van der Waals surface area (Å²) >= 11 is 3.54. The quantitative estimate of drug-likeness (QED) is 0.181. The summed E-state index contributed by atoms with van der Waals surface area (Å²) in [7, 11) is 1.51. The maximum absolute atomic E-state index is 13.6. The van der Waals surface area contributed by atoms with E-state index < -0.39 is 17.8 Å². The van der Waals surface area contributed by atoms with Gasteiger partial charge in [-0.15, -0.1) is 0 Å². The molecule has 0 spiro atoms. The second-order valence-electron chi connectivity index (χ2n) is 8.60. The molecule has 0 unspecified atom stereocenters. The van der Waals surface area contributed by atoms with Crippen LogP contribution in [0.1, 0.15) is 11.1 Å². The number of amides is 4. The summed E-state index contributed by atoms with van der Waals surface area (Å²) in [5, 5.41) is 0. The fourth-order valence-corrected chi connectivity index (χ4v) is 4.77. The summed E-state index contributed by atoms with van der Waals surface area (Å²) in [5.74, 6) is -0.540. The van der Waals surface area contributed by atoms with Crippen molar-refractivity contribution in [2.45, 2.75) is 6.61 Å². The zero-order valence-corrected chi connectivity index (χ0v) is 22.5. The second kappa shape index (κ2) is 11.4. The lowest BCUT2D eigenvalue weighted by Crippen LogP contribution is -2.57. The number of carbonyl (C=O) groups is 3. The number of methoxy groups -OCH3 is 1. The Hall–Kier alpha value is -4.69. The Bertz CT molecular complexity index is 1490. The lowest BCUT2D eigenvalue weighted by molar-refractivity contribution is -0.121. The number of urea groups is 1. The van der Waals surface area contributed by atoms with Crippen molar-refractivity contribution in [3.8, 4) is 11.5 Å². The smallest absolute Gasteiger partial charge is 0.343 e. The molecular weight excluding hydrogens is 560 g/mol. The Kier molecular flexibility index (Phi) is 7.56. The van der Waals surface area contributed by atoms with Crippen molar-refractivity contribution >= 4 is 51.2 Å². The topological polar surface area (TPSA) is 76.2 Å². The third-order valence-electron chi connectivity index (χ3n) is 6.07. The fourth-order valence-electron chi connectivity index (χ4n) is 4.20. The Morgan fingerprint density at radius 3 is 1.77 bits per heavy atom. The highest BCUT2D eigenvalue weighted by molar-refractivity contribution is 9.10. The molecule has 7 nitrogen and oxygen atoms in total. The van der Waals surface area contributed by atoms with Crippen LogP contribution in [0, 0.1) is 0 Å². The average Bonchev–Trinajstić information content (AvgIpc) is 2.96. The van der Waals surface area contributed by atoms with Gasteiger partial charge in [0.15, 0.2) is 11.5 Å². The van der Waals surface area contributed by atoms with Crippen LogP contribution in [0.4, 0.5) is 16.2 Å². The van der Waals surface area contributed by atoms with Crippen LogP contribution in [0.3, 0.4) is 0 Å². The molecule has 4 amide bonds. The van der Waals surface area contributed by atoms with Gasteiger partial charge in [0.1, 0.15) is 12.2 Å². The summed E-state index contributed by atoms with van der Waals surface area (Å²) in [6.07, 6.45) is 1.46. The van der Waals surface area contributed by atoms with Crippen molar-refractivity contribution < 1.29 is 23.9 Å². The zero-order chi connectivity index (χ0) is 27.4. The second-order valence-corrected chi connectivity index (χ2v) is 9.46. The number of nitrogens with zero attached hydrogens (tertiary/aromatic N) is 2. The molecule has 0 N–H and O–H groups in total. The predicted molar refractivity (Wildman–Crippen MR) is 153 cm³/mol. The van der Waals surface area contributed by atoms with Crippen molar-refractivity contribution in [1.29, 1.82) is 0 Å². The number of carbonyl (C=O) groups excluding carboxylic acids is 3. The van der Waals surface area contributed by atoms with Gasteiger partial charge < -0.3 is 9.47 Å². The number of rotatable bonds is 7. The van der Waals surface area contributed by atoms with Crippen LogP contribution in [0.2, 0.25) is 0 Å². The number of para-hydroxylation sites is 2. The number of hydrogen-bond donors (Lipinski definition) is 0. The molecule has 39 heavy (non-hydrogen) atoms. The molecule has 194 valence electrons. The highest BCUT2D eigenvalue weighted by Gasteiger charge is 2.43. The van der Waals surface area contributed by atoms with E-state index in [1.807, 2.05) is 30.3 Å².